The molecule has 4 aliphatic rings. The SMILES string of the molecule is CCOC(=O)c1cn(CCN2CCN(c3ccc(OCCO)cc3Cl)[C@H](c3ccc(Cl)cc3)C2)cn1.CCOC(=O)c1cnc[nH]1.ClCCBr.NC(=O)c1cn(CCN2CCN(c3ccc(OCCO)cc3Cl)[C@H](c3ccc(Cl)cc3)C2)cn1.O=CO[O-].O=CO[O-].OCCOc1ccc(N2CCN(CCCl)C[C@H]2c2ccc(Cl)cc2)c(Cl)c1.OCCOc1ccc(N2CCNC[C@H]2c2ccc(Cl)cc2)c(Cl)c1.[Cs+].[Cs+].[H-].[H-].[K+].[K+]. The van der Waals surface area contributed by atoms with Crippen molar-refractivity contribution in [1.29, 1.82) is 0 Å². The van der Waals surface area contributed by atoms with E-state index in [9.17, 15) is 14.4 Å². The van der Waals surface area contributed by atoms with Gasteiger partial charge in [-0.2, -0.15) is 0 Å². The number of aromatic amines is 1. The van der Waals surface area contributed by atoms with Crippen LogP contribution in [0.4, 0.5) is 22.7 Å². The van der Waals surface area contributed by atoms with E-state index in [1.165, 1.54) is 23.7 Å². The molecule has 15 rings (SSSR count). The Kier molecular flexibility index (Phi) is 72.4. The van der Waals surface area contributed by atoms with Crippen LogP contribution >= 0.6 is 132 Å². The minimum atomic E-state index is -0.528. The monoisotopic (exact) mass is 2580 g/mol. The van der Waals surface area contributed by atoms with Crippen molar-refractivity contribution < 1.29 is 337 Å². The molecule has 0 unspecified atom stereocenters. The number of aliphatic hydroxyl groups is 4. The maximum Gasteiger partial charge on any atom is 1.00 e. The first kappa shape index (κ1) is 137. The maximum atomic E-state index is 11.9. The van der Waals surface area contributed by atoms with E-state index in [1.54, 1.807) is 63.2 Å². The summed E-state index contributed by atoms with van der Waals surface area (Å²) in [4.78, 5) is 87.4. The molecule has 4 saturated heterocycles. The average molecular weight is 2590 g/mol. The molecule has 147 heavy (non-hydrogen) atoms. The number of aliphatic hydroxyl groups excluding tert-OH is 4. The second-order valence-electron chi connectivity index (χ2n) is 31.1. The van der Waals surface area contributed by atoms with Crippen molar-refractivity contribution in [3.05, 3.63) is 287 Å². The molecule has 3 aromatic heterocycles. The number of primary amides is 1. The number of nitrogens with two attached hydrogens (primary N) is 1. The Bertz CT molecular complexity index is 5610. The Balaban J connectivity index is 0.000000623. The number of H-pyrrole nitrogens is 1. The summed E-state index contributed by atoms with van der Waals surface area (Å²) in [7, 11) is 0. The molecule has 7 heterocycles. The van der Waals surface area contributed by atoms with Gasteiger partial charge in [0.25, 0.3) is 18.9 Å². The second kappa shape index (κ2) is 77.8. The largest absolute Gasteiger partial charge is 1.00 e. The van der Waals surface area contributed by atoms with Crippen LogP contribution in [-0.2, 0) is 41.9 Å². The molecule has 0 aliphatic carbocycles. The molecule has 1 amide bonds. The van der Waals surface area contributed by atoms with Crippen LogP contribution in [0.1, 0.15) is 94.6 Å². The van der Waals surface area contributed by atoms with E-state index in [-0.39, 0.29) is 345 Å². The van der Waals surface area contributed by atoms with Crippen molar-refractivity contribution in [1.82, 2.24) is 49.1 Å². The van der Waals surface area contributed by atoms with Gasteiger partial charge in [0.15, 0.2) is 5.69 Å². The standard InChI is InChI=1S/C26H30Cl2N4O4.C24H27Cl2N5O3.C20H23Cl3N2O2.C18H20Cl2N2O2.C6H8N2O2.C2H4BrCl.2CH2O3.2Cs.2K.2H/c1-2-35-26(34)23-16-31(18-29-23)10-9-30-11-12-32(25(17-30)19-3-5-20(27)6-4-19)24-8-7-21(15-22(24)28)36-14-13-33;25-18-3-1-17(2-4-18)23-15-29(7-8-30-14-21(24(27)33)28-16-30)9-10-31(23)22-6-5-19(13-20(22)26)34-12-11-32;21-7-8-24-9-10-25(20(14-24)15-1-3-16(22)4-2-15)19-6-5-17(13-18(19)23)27-12-11-26;19-14-3-1-13(2-4-14)18-12-21-7-8-22(18)17-6-5-15(11-16(17)20)24-10-9-23;1-2-10-6(9)5-3-7-4-8-5;3-1-2-4;2*2-1-4-3;;;;;;/h3-8,15-16,18,25,33H,2,9-14,17H2,1H3;1-6,13-14,16,23,32H,7-12,15H2,(H2,27,33);1-6,13,20,26H,7-12,14H2;1-6,11,18,21,23H,7-10,12H2;3-4H,2H2,1H3,(H,7,8);1-2H2;2*1,3H;;;;;;/q;;;;;;;;4*+1;2*-1/p-2/t25-;23-;20-;18-;;;;;;;;;;/m0000........../s1. The summed E-state index contributed by atoms with van der Waals surface area (Å²) in [6.45, 7) is 18.7. The van der Waals surface area contributed by atoms with Gasteiger partial charge in [-0.1, -0.05) is 157 Å². The van der Waals surface area contributed by atoms with E-state index in [4.69, 9.17) is 186 Å². The third-order valence-electron chi connectivity index (χ3n) is 21.9. The molecule has 11 aromatic rings. The van der Waals surface area contributed by atoms with Crippen molar-refractivity contribution in [2.24, 2.45) is 5.73 Å². The average Bonchev–Trinajstić information content (AvgIpc) is 1.75. The molecule has 0 spiro atoms. The first-order valence-corrected chi connectivity index (χ1v) is 50.4. The molecule has 8 N–H and O–H groups in total. The first-order valence-electron chi connectivity index (χ1n) is 45.2. The van der Waals surface area contributed by atoms with E-state index >= 15 is 0 Å². The van der Waals surface area contributed by atoms with Gasteiger partial charge in [-0.05, 0) is 133 Å². The van der Waals surface area contributed by atoms with Gasteiger partial charge in [0, 0.05) is 185 Å². The smallest absolute Gasteiger partial charge is 1.00 e. The number of amides is 1. The van der Waals surface area contributed by atoms with Crippen LogP contribution in [0.25, 0.3) is 0 Å². The number of hydrogen-bond acceptors (Lipinski definition) is 30. The third-order valence-corrected chi connectivity index (χ3v) is 25.3. The predicted octanol–water partition coefficient (Wildman–Crippen LogP) is 2.82. The molecule has 0 saturated carbocycles. The van der Waals surface area contributed by atoms with Gasteiger partial charge >= 0.3 is 252 Å². The quantitative estimate of drug-likeness (QED) is 0.00741. The van der Waals surface area contributed by atoms with Crippen molar-refractivity contribution in [2.75, 3.05) is 201 Å². The first-order chi connectivity index (χ1) is 69.3. The summed E-state index contributed by atoms with van der Waals surface area (Å²) in [6.07, 6.45) is 9.57. The fourth-order valence-corrected chi connectivity index (χ4v) is 17.2. The zero-order valence-corrected chi connectivity index (χ0v) is 110. The zero-order valence-electron chi connectivity index (χ0n) is 84.3. The molecule has 4 fully saturated rings. The summed E-state index contributed by atoms with van der Waals surface area (Å²) in [5.74, 6) is 2.60. The van der Waals surface area contributed by atoms with Gasteiger partial charge in [-0.25, -0.2) is 24.5 Å². The Labute approximate surface area is 1120 Å². The Morgan fingerprint density at radius 1 is 0.456 bits per heavy atom. The molecular weight excluding hydrogens is 2470 g/mol. The van der Waals surface area contributed by atoms with Gasteiger partial charge in [0.1, 0.15) is 60.8 Å². The Morgan fingerprint density at radius 2 is 0.769 bits per heavy atom. The van der Waals surface area contributed by atoms with Gasteiger partial charge < -0.3 is 117 Å². The Hall–Kier alpha value is -2.50. The van der Waals surface area contributed by atoms with Crippen molar-refractivity contribution in [2.45, 2.75) is 51.1 Å². The number of ether oxygens (including phenoxy) is 6. The summed E-state index contributed by atoms with van der Waals surface area (Å²) in [5, 5.41) is 62.3. The van der Waals surface area contributed by atoms with Crippen LogP contribution in [0.5, 0.6) is 23.0 Å². The van der Waals surface area contributed by atoms with Crippen LogP contribution in [0.2, 0.25) is 40.2 Å². The molecule has 0 bridgehead atoms. The van der Waals surface area contributed by atoms with Gasteiger partial charge in [0.05, 0.1) is 132 Å². The van der Waals surface area contributed by atoms with Crippen LogP contribution in [0, 0.1) is 0 Å². The number of benzene rings is 8. The summed E-state index contributed by atoms with van der Waals surface area (Å²) >= 11 is 65.0. The molecule has 8 aromatic carbocycles. The fourth-order valence-electron chi connectivity index (χ4n) is 15.4. The number of rotatable bonds is 36. The van der Waals surface area contributed by atoms with Gasteiger partial charge in [-0.3, -0.25) is 29.1 Å². The number of esters is 2. The van der Waals surface area contributed by atoms with Gasteiger partial charge in [0.2, 0.25) is 0 Å². The molecule has 34 nitrogen and oxygen atoms in total. The number of halogens is 11. The third kappa shape index (κ3) is 47.3. The molecule has 778 valence electrons. The van der Waals surface area contributed by atoms with E-state index in [0.717, 1.165) is 147 Å². The number of nitrogens with zero attached hydrogens (tertiary/aromatic N) is 12. The number of carbonyl (C=O) groups is 5. The number of hydrogen-bond donors (Lipinski definition) is 7. The van der Waals surface area contributed by atoms with E-state index in [1.807, 2.05) is 118 Å². The number of anilines is 4. The minimum Gasteiger partial charge on any atom is -1.00 e. The molecule has 4 aliphatic heterocycles. The normalized spacial score (nSPS) is 15.1. The van der Waals surface area contributed by atoms with Crippen molar-refractivity contribution >= 4 is 185 Å². The molecule has 4 atom stereocenters. The maximum absolute atomic E-state index is 11.9. The van der Waals surface area contributed by atoms with E-state index < -0.39 is 11.9 Å². The second-order valence-corrected chi connectivity index (χ2v) is 36.0. The van der Waals surface area contributed by atoms with Crippen LogP contribution in [0.15, 0.2) is 207 Å². The van der Waals surface area contributed by atoms with Gasteiger partial charge in [-0.15, -0.1) is 23.2 Å². The van der Waals surface area contributed by atoms with Crippen LogP contribution in [-0.4, -0.2) is 276 Å². The van der Waals surface area contributed by atoms with Crippen molar-refractivity contribution in [3.8, 4) is 23.0 Å². The predicted molar refractivity (Wildman–Crippen MR) is 560 cm³/mol. The zero-order chi connectivity index (χ0) is 103. The number of piperazine rings is 4. The molecule has 49 heteroatoms. The fraction of sp³-hybridized carbons (Fsp3) is 0.367. The van der Waals surface area contributed by atoms with Crippen LogP contribution < -0.4 is 301 Å². The minimum absolute atomic E-state index is 0. The molecular formula is C98H116BrCl10Cs2K2N15O19. The number of imidazole rings is 3. The van der Waals surface area contributed by atoms with Crippen LogP contribution in [0.3, 0.4) is 0 Å². The number of aromatic nitrogens is 6. The number of carbonyl (C=O) groups excluding carboxylic acids is 5. The summed E-state index contributed by atoms with van der Waals surface area (Å²) in [6, 6.07) is 54.8. The molecule has 0 radical (unpaired) electrons. The summed E-state index contributed by atoms with van der Waals surface area (Å²) in [5.41, 5.74) is 14.8. The summed E-state index contributed by atoms with van der Waals surface area (Å²) < 4.78 is 35.4. The number of nitrogens with one attached hydrogen (secondary N) is 2. The van der Waals surface area contributed by atoms with E-state index in [2.05, 4.69) is 126 Å². The van der Waals surface area contributed by atoms with Crippen molar-refractivity contribution in [3.63, 3.8) is 0 Å². The Morgan fingerprint density at radius 3 is 1.05 bits per heavy atom. The van der Waals surface area contributed by atoms with E-state index in [0.29, 0.717) is 103 Å². The number of alkyl halides is 3. The topological polar surface area (TPSA) is 411 Å².